The molecule has 2 aromatic heterocycles. The van der Waals surface area contributed by atoms with Crippen molar-refractivity contribution < 1.29 is 12.6 Å². The van der Waals surface area contributed by atoms with Crippen LogP contribution in [0.4, 0.5) is 5.13 Å². The Hall–Kier alpha value is -2.82. The third-order valence-corrected chi connectivity index (χ3v) is 7.87. The lowest BCUT2D eigenvalue weighted by Crippen LogP contribution is -2.29. The molecule has 0 aliphatic carbocycles. The van der Waals surface area contributed by atoms with E-state index < -0.39 is 21.0 Å². The second-order valence-electron chi connectivity index (χ2n) is 7.27. The molecule has 2 aromatic carbocycles. The number of likely N-dealkylation sites (N-methyl/N-ethyl adjacent to an activating group) is 1. The van der Waals surface area contributed by atoms with Gasteiger partial charge >= 0.3 is 0 Å². The maximum Gasteiger partial charge on any atom is 0.240 e. The molecule has 174 valence electrons. The van der Waals surface area contributed by atoms with Gasteiger partial charge in [0.1, 0.15) is 15.9 Å². The largest absolute Gasteiger partial charge is 0.375 e. The van der Waals surface area contributed by atoms with Crippen molar-refractivity contribution in [1.82, 2.24) is 35.2 Å². The molecule has 2 heterocycles. The van der Waals surface area contributed by atoms with Crippen LogP contribution in [-0.4, -0.2) is 70.3 Å². The zero-order valence-electron chi connectivity index (χ0n) is 17.6. The molecule has 1 unspecified atom stereocenters. The minimum atomic E-state index is -4.36. The summed E-state index contributed by atoms with van der Waals surface area (Å²) in [4.78, 5) is 5.94. The topological polar surface area (TPSA) is 186 Å². The molecule has 15 heteroatoms. The second kappa shape index (κ2) is 9.20. The molecule has 0 bridgehead atoms. The van der Waals surface area contributed by atoms with Crippen LogP contribution in [0.2, 0.25) is 0 Å². The van der Waals surface area contributed by atoms with Crippen LogP contribution in [0.3, 0.4) is 0 Å². The molecule has 0 fully saturated rings. The first-order chi connectivity index (χ1) is 15.7. The van der Waals surface area contributed by atoms with Crippen molar-refractivity contribution in [3.05, 3.63) is 30.3 Å². The van der Waals surface area contributed by atoms with Gasteiger partial charge in [-0.25, -0.2) is 27.5 Å². The van der Waals surface area contributed by atoms with Gasteiger partial charge in [0.05, 0.1) is 20.7 Å². The van der Waals surface area contributed by atoms with E-state index in [0.29, 0.717) is 34.9 Å². The maximum atomic E-state index is 13.0. The van der Waals surface area contributed by atoms with Gasteiger partial charge in [0, 0.05) is 18.7 Å². The van der Waals surface area contributed by atoms with Gasteiger partial charge in [0.15, 0.2) is 5.13 Å². The van der Waals surface area contributed by atoms with E-state index in [1.165, 1.54) is 17.4 Å². The fraction of sp³-hybridized carbons (Fsp3) is 0.222. The monoisotopic (exact) mass is 507 g/mol. The molecular weight excluding hydrogens is 486 g/mol. The molecule has 1 atom stereocenters. The summed E-state index contributed by atoms with van der Waals surface area (Å²) >= 11 is 1.30. The minimum absolute atomic E-state index is 0.00947. The normalized spacial score (nSPS) is 13.1. The molecule has 0 aliphatic heterocycles. The average Bonchev–Trinajstić information content (AvgIpc) is 3.40. The highest BCUT2D eigenvalue weighted by Crippen LogP contribution is 2.41. The van der Waals surface area contributed by atoms with Gasteiger partial charge < -0.3 is 10.6 Å². The summed E-state index contributed by atoms with van der Waals surface area (Å²) in [7, 11) is -2.50. The highest BCUT2D eigenvalue weighted by Gasteiger charge is 2.29. The Kier molecular flexibility index (Phi) is 6.51. The van der Waals surface area contributed by atoms with Crippen LogP contribution in [0.5, 0.6) is 0 Å². The van der Waals surface area contributed by atoms with Crippen molar-refractivity contribution in [2.75, 3.05) is 32.9 Å². The molecule has 4 rings (SSSR count). The van der Waals surface area contributed by atoms with Crippen molar-refractivity contribution >= 4 is 47.7 Å². The Balaban J connectivity index is 1.99. The number of nitrogens with zero attached hydrogens (tertiary/aromatic N) is 5. The van der Waals surface area contributed by atoms with E-state index in [-0.39, 0.29) is 21.2 Å². The van der Waals surface area contributed by atoms with Crippen molar-refractivity contribution in [2.24, 2.45) is 5.14 Å². The smallest absolute Gasteiger partial charge is 0.240 e. The van der Waals surface area contributed by atoms with Crippen LogP contribution >= 0.6 is 11.3 Å². The van der Waals surface area contributed by atoms with Crippen molar-refractivity contribution in [1.29, 1.82) is 0 Å². The Morgan fingerprint density at radius 1 is 1.21 bits per heavy atom. The lowest BCUT2D eigenvalue weighted by Gasteiger charge is -2.16. The third-order valence-electron chi connectivity index (χ3n) is 4.69. The Bertz CT molecular complexity index is 1430. The molecule has 0 spiro atoms. The van der Waals surface area contributed by atoms with Crippen LogP contribution in [0.1, 0.15) is 0 Å². The number of nitrogens with one attached hydrogen (secondary N) is 2. The van der Waals surface area contributed by atoms with E-state index in [0.717, 1.165) is 4.70 Å². The summed E-state index contributed by atoms with van der Waals surface area (Å²) in [6.07, 6.45) is 0. The molecule has 33 heavy (non-hydrogen) atoms. The molecular formula is C18H21N9O3S3. The van der Waals surface area contributed by atoms with Gasteiger partial charge in [-0.05, 0) is 37.0 Å². The number of tetrazole rings is 1. The molecule has 6 N–H and O–H groups in total. The molecule has 0 saturated heterocycles. The summed E-state index contributed by atoms with van der Waals surface area (Å²) in [5, 5.41) is 19.8. The first-order valence-corrected chi connectivity index (χ1v) is 13.1. The highest BCUT2D eigenvalue weighted by atomic mass is 32.2. The number of rotatable bonds is 8. The van der Waals surface area contributed by atoms with E-state index in [1.807, 2.05) is 25.1 Å². The first kappa shape index (κ1) is 23.3. The van der Waals surface area contributed by atoms with E-state index >= 15 is 0 Å². The second-order valence-corrected chi connectivity index (χ2v) is 11.1. The summed E-state index contributed by atoms with van der Waals surface area (Å²) in [5.74, 6) is -0.0126. The summed E-state index contributed by atoms with van der Waals surface area (Å²) in [5.41, 5.74) is 7.60. The number of nitrogens with two attached hydrogens (primary N) is 2. The van der Waals surface area contributed by atoms with E-state index in [1.54, 1.807) is 18.2 Å². The maximum absolute atomic E-state index is 13.0. The van der Waals surface area contributed by atoms with Gasteiger partial charge in [0.2, 0.25) is 15.8 Å². The SMILES string of the molecule is CN(C)CCNS(=O)c1ccc(-c2cccc3sc(N)nc23)c(-c2nn[nH]n2)c1S(N)(=O)=O. The number of sulfonamides is 1. The zero-order chi connectivity index (χ0) is 23.8. The van der Waals surface area contributed by atoms with E-state index in [4.69, 9.17) is 10.9 Å². The van der Waals surface area contributed by atoms with E-state index in [2.05, 4.69) is 30.3 Å². The number of anilines is 1. The number of hydrogen-bond acceptors (Lipinski definition) is 10. The van der Waals surface area contributed by atoms with Crippen molar-refractivity contribution in [2.45, 2.75) is 9.79 Å². The molecule has 4 aromatic rings. The summed E-state index contributed by atoms with van der Waals surface area (Å²) in [6.45, 7) is 0.958. The lowest BCUT2D eigenvalue weighted by molar-refractivity contribution is 0.414. The number of hydrogen-bond donors (Lipinski definition) is 4. The number of thiazole rings is 1. The van der Waals surface area contributed by atoms with Gasteiger partial charge in [-0.1, -0.05) is 29.5 Å². The van der Waals surface area contributed by atoms with Crippen molar-refractivity contribution in [3.63, 3.8) is 0 Å². The van der Waals surface area contributed by atoms with Crippen molar-refractivity contribution in [3.8, 4) is 22.5 Å². The quantitative estimate of drug-likeness (QED) is 0.264. The van der Waals surface area contributed by atoms with Crippen LogP contribution < -0.4 is 15.6 Å². The summed E-state index contributed by atoms with van der Waals surface area (Å²) in [6, 6.07) is 8.55. The predicted molar refractivity (Wildman–Crippen MR) is 127 cm³/mol. The predicted octanol–water partition coefficient (Wildman–Crippen LogP) is 0.547. The first-order valence-electron chi connectivity index (χ1n) is 9.56. The van der Waals surface area contributed by atoms with E-state index in [9.17, 15) is 12.6 Å². The summed E-state index contributed by atoms with van der Waals surface area (Å²) < 4.78 is 42.3. The number of H-pyrrole nitrogens is 1. The molecule has 0 saturated carbocycles. The number of primary sulfonamides is 1. The standard InChI is InChI=1S/C18H21N9O3S3/c1-27(2)9-8-21-32(28)13-7-6-10(11-4-3-5-12-15(11)22-18(19)31-12)14(16(13)33(20,29)30)17-23-25-26-24-17/h3-7,21H,8-9H2,1-2H3,(H2,19,22)(H2,20,29,30)(H,23,24,25,26). The lowest BCUT2D eigenvalue weighted by atomic mass is 9.98. The van der Waals surface area contributed by atoms with Crippen LogP contribution in [0.15, 0.2) is 40.1 Å². The van der Waals surface area contributed by atoms with Gasteiger partial charge in [0.25, 0.3) is 0 Å². The molecule has 0 amide bonds. The molecule has 0 aliphatic rings. The van der Waals surface area contributed by atoms with Gasteiger partial charge in [-0.2, -0.15) is 5.21 Å². The number of aromatic nitrogens is 5. The minimum Gasteiger partial charge on any atom is -0.375 e. The Labute approximate surface area is 196 Å². The number of fused-ring (bicyclic) bond motifs is 1. The third kappa shape index (κ3) is 4.78. The van der Waals surface area contributed by atoms with Crippen LogP contribution in [0.25, 0.3) is 32.7 Å². The number of benzene rings is 2. The van der Waals surface area contributed by atoms with Gasteiger partial charge in [-0.3, -0.25) is 0 Å². The molecule has 0 radical (unpaired) electrons. The average molecular weight is 508 g/mol. The number of nitrogen functional groups attached to an aromatic ring is 1. The van der Waals surface area contributed by atoms with Gasteiger partial charge in [-0.15, -0.1) is 10.2 Å². The fourth-order valence-corrected chi connectivity index (χ4v) is 6.39. The Morgan fingerprint density at radius 2 is 2.00 bits per heavy atom. The molecule has 12 nitrogen and oxygen atoms in total. The van der Waals surface area contributed by atoms with Crippen LogP contribution in [-0.2, 0) is 21.0 Å². The number of aromatic amines is 1. The Morgan fingerprint density at radius 3 is 2.67 bits per heavy atom. The fourth-order valence-electron chi connectivity index (χ4n) is 3.33. The van der Waals surface area contributed by atoms with Crippen LogP contribution in [0, 0.1) is 0 Å². The zero-order valence-corrected chi connectivity index (χ0v) is 20.1. The highest BCUT2D eigenvalue weighted by molar-refractivity contribution is 7.90. The number of para-hydroxylation sites is 1.